The summed E-state index contributed by atoms with van der Waals surface area (Å²) in [6.45, 7) is 5.38. The number of aromatic nitrogens is 1. The molecule has 0 unspecified atom stereocenters. The molecule has 0 aromatic carbocycles. The van der Waals surface area contributed by atoms with E-state index in [1.165, 1.54) is 12.3 Å². The van der Waals surface area contributed by atoms with Gasteiger partial charge in [-0.05, 0) is 50.4 Å². The lowest BCUT2D eigenvalue weighted by Gasteiger charge is -2.41. The van der Waals surface area contributed by atoms with Crippen molar-refractivity contribution in [2.45, 2.75) is 70.6 Å². The van der Waals surface area contributed by atoms with Gasteiger partial charge in [-0.2, -0.15) is 0 Å². The van der Waals surface area contributed by atoms with Gasteiger partial charge < -0.3 is 14.2 Å². The highest BCUT2D eigenvalue weighted by molar-refractivity contribution is 7.88. The quantitative estimate of drug-likeness (QED) is 0.717. The maximum absolute atomic E-state index is 12.9. The van der Waals surface area contributed by atoms with Gasteiger partial charge in [-0.1, -0.05) is 19.0 Å². The number of hydrogen-bond donors (Lipinski definition) is 1. The van der Waals surface area contributed by atoms with Crippen LogP contribution in [0.25, 0.3) is 0 Å². The molecule has 3 rings (SSSR count). The van der Waals surface area contributed by atoms with Gasteiger partial charge in [0.25, 0.3) is 5.91 Å². The molecule has 1 amide bonds. The molecule has 29 heavy (non-hydrogen) atoms. The molecule has 1 aliphatic carbocycles. The van der Waals surface area contributed by atoms with Gasteiger partial charge >= 0.3 is 0 Å². The summed E-state index contributed by atoms with van der Waals surface area (Å²) in [6.07, 6.45) is 8.44. The summed E-state index contributed by atoms with van der Waals surface area (Å²) in [5.74, 6) is 1.31. The molecule has 2 aliphatic rings. The van der Waals surface area contributed by atoms with Crippen molar-refractivity contribution in [2.75, 3.05) is 19.4 Å². The first kappa shape index (κ1) is 22.2. The minimum Gasteiger partial charge on any atom is -0.376 e. The van der Waals surface area contributed by atoms with Crippen LogP contribution in [-0.4, -0.2) is 62.0 Å². The summed E-state index contributed by atoms with van der Waals surface area (Å²) < 4.78 is 37.7. The summed E-state index contributed by atoms with van der Waals surface area (Å²) in [5.41, 5.74) is 0. The molecular formula is C20H33N3O5S. The van der Waals surface area contributed by atoms with E-state index >= 15 is 0 Å². The number of hydrogen-bond acceptors (Lipinski definition) is 6. The van der Waals surface area contributed by atoms with Crippen LogP contribution in [0.4, 0.5) is 0 Å². The summed E-state index contributed by atoms with van der Waals surface area (Å²) in [5, 5.41) is 3.62. The second-order valence-electron chi connectivity index (χ2n) is 8.70. The molecule has 2 fully saturated rings. The Labute approximate surface area is 173 Å². The van der Waals surface area contributed by atoms with Crippen molar-refractivity contribution in [3.05, 3.63) is 18.0 Å². The molecule has 0 bridgehead atoms. The van der Waals surface area contributed by atoms with Gasteiger partial charge in [0.15, 0.2) is 0 Å². The fourth-order valence-electron chi connectivity index (χ4n) is 4.55. The summed E-state index contributed by atoms with van der Waals surface area (Å²) in [6, 6.07) is 0.776. The van der Waals surface area contributed by atoms with Crippen LogP contribution in [0.2, 0.25) is 0 Å². The zero-order valence-corrected chi connectivity index (χ0v) is 18.4. The van der Waals surface area contributed by atoms with Crippen molar-refractivity contribution in [1.82, 2.24) is 14.8 Å². The van der Waals surface area contributed by atoms with Crippen molar-refractivity contribution in [2.24, 2.45) is 11.8 Å². The number of carbonyl (C=O) groups excluding carboxylic acids is 1. The van der Waals surface area contributed by atoms with Crippen LogP contribution in [0.1, 0.15) is 62.9 Å². The van der Waals surface area contributed by atoms with Crippen LogP contribution < -0.4 is 4.72 Å². The van der Waals surface area contributed by atoms with Gasteiger partial charge in [-0.25, -0.2) is 13.1 Å². The number of sulfonamides is 1. The lowest BCUT2D eigenvalue weighted by molar-refractivity contribution is -0.0289. The average Bonchev–Trinajstić information content (AvgIpc) is 3.20. The first-order valence-electron chi connectivity index (χ1n) is 10.5. The topological polar surface area (TPSA) is 102 Å². The third-order valence-electron chi connectivity index (χ3n) is 6.22. The number of rotatable bonds is 7. The molecule has 2 heterocycles. The Morgan fingerprint density at radius 3 is 2.62 bits per heavy atom. The number of carbonyl (C=O) groups is 1. The number of nitrogens with one attached hydrogen (secondary N) is 1. The minimum atomic E-state index is -3.40. The van der Waals surface area contributed by atoms with Crippen LogP contribution in [0, 0.1) is 11.8 Å². The van der Waals surface area contributed by atoms with E-state index in [0.29, 0.717) is 31.9 Å². The molecule has 1 aliphatic heterocycles. The van der Waals surface area contributed by atoms with Crippen molar-refractivity contribution >= 4 is 15.9 Å². The van der Waals surface area contributed by atoms with E-state index in [9.17, 15) is 13.2 Å². The Bertz CT molecular complexity index is 757. The molecular weight excluding hydrogens is 394 g/mol. The van der Waals surface area contributed by atoms with Crippen molar-refractivity contribution < 1.29 is 22.5 Å². The first-order valence-corrected chi connectivity index (χ1v) is 12.4. The van der Waals surface area contributed by atoms with E-state index in [4.69, 9.17) is 9.26 Å². The molecule has 1 aromatic rings. The second-order valence-corrected chi connectivity index (χ2v) is 10.5. The molecule has 8 nitrogen and oxygen atoms in total. The molecule has 1 N–H and O–H groups in total. The van der Waals surface area contributed by atoms with Gasteiger partial charge in [0, 0.05) is 18.7 Å². The monoisotopic (exact) mass is 427 g/mol. The number of nitrogens with zero attached hydrogens (tertiary/aromatic N) is 2. The summed E-state index contributed by atoms with van der Waals surface area (Å²) in [4.78, 5) is 14.6. The van der Waals surface area contributed by atoms with E-state index < -0.39 is 10.0 Å². The Hall–Kier alpha value is -1.45. The standard InChI is InChI=1S/C20H33N3O5S/c1-14(2)15-6-8-16(9-7-15)27-13-18-17(22-29(3,25)26)5-4-12-23(18)20(24)19-10-11-21-28-19/h10-11,14-18,22H,4-9,12-13H2,1-3H3/t15-,16+,17-,18-/m0/s1. The van der Waals surface area contributed by atoms with Crippen LogP contribution in [0.3, 0.4) is 0 Å². The van der Waals surface area contributed by atoms with Gasteiger partial charge in [0.1, 0.15) is 0 Å². The van der Waals surface area contributed by atoms with E-state index in [1.807, 2.05) is 0 Å². The minimum absolute atomic E-state index is 0.160. The molecule has 1 saturated heterocycles. The normalized spacial score (nSPS) is 28.6. The number of piperidine rings is 1. The Morgan fingerprint density at radius 2 is 2.03 bits per heavy atom. The number of amides is 1. The number of ether oxygens (including phenoxy) is 1. The second kappa shape index (κ2) is 9.57. The molecule has 0 radical (unpaired) electrons. The Kier molecular flexibility index (Phi) is 7.34. The lowest BCUT2D eigenvalue weighted by Crippen LogP contribution is -2.59. The van der Waals surface area contributed by atoms with E-state index in [-0.39, 0.29) is 29.9 Å². The first-order chi connectivity index (χ1) is 13.7. The van der Waals surface area contributed by atoms with Crippen LogP contribution in [0.5, 0.6) is 0 Å². The summed E-state index contributed by atoms with van der Waals surface area (Å²) in [7, 11) is -3.40. The Balaban J connectivity index is 1.68. The molecule has 9 heteroatoms. The third kappa shape index (κ3) is 6.02. The largest absolute Gasteiger partial charge is 0.376 e. The predicted molar refractivity (Wildman–Crippen MR) is 109 cm³/mol. The zero-order chi connectivity index (χ0) is 21.0. The van der Waals surface area contributed by atoms with Gasteiger partial charge in [0.2, 0.25) is 15.8 Å². The van der Waals surface area contributed by atoms with Crippen LogP contribution >= 0.6 is 0 Å². The molecule has 164 valence electrons. The summed E-state index contributed by atoms with van der Waals surface area (Å²) >= 11 is 0. The highest BCUT2D eigenvalue weighted by Gasteiger charge is 2.38. The van der Waals surface area contributed by atoms with Crippen LogP contribution in [-0.2, 0) is 14.8 Å². The smallest absolute Gasteiger partial charge is 0.292 e. The van der Waals surface area contributed by atoms with Gasteiger partial charge in [-0.3, -0.25) is 4.79 Å². The van der Waals surface area contributed by atoms with E-state index in [2.05, 4.69) is 23.7 Å². The molecule has 2 atom stereocenters. The fourth-order valence-corrected chi connectivity index (χ4v) is 5.38. The highest BCUT2D eigenvalue weighted by Crippen LogP contribution is 2.32. The lowest BCUT2D eigenvalue weighted by atomic mass is 9.80. The van der Waals surface area contributed by atoms with E-state index in [1.54, 1.807) is 4.90 Å². The number of likely N-dealkylation sites (tertiary alicyclic amines) is 1. The van der Waals surface area contributed by atoms with Crippen molar-refractivity contribution in [3.63, 3.8) is 0 Å². The maximum atomic E-state index is 12.9. The SMILES string of the molecule is CC(C)[C@H]1CC[C@@H](OC[C@H]2[C@@H](NS(C)(=O)=O)CCCN2C(=O)c2ccno2)CC1. The predicted octanol–water partition coefficient (Wildman–Crippen LogP) is 2.43. The zero-order valence-electron chi connectivity index (χ0n) is 17.5. The fraction of sp³-hybridized carbons (Fsp3) is 0.800. The van der Waals surface area contributed by atoms with Crippen molar-refractivity contribution in [3.8, 4) is 0 Å². The van der Waals surface area contributed by atoms with E-state index in [0.717, 1.165) is 37.9 Å². The molecule has 1 aromatic heterocycles. The van der Waals surface area contributed by atoms with Gasteiger partial charge in [-0.15, -0.1) is 0 Å². The highest BCUT2D eigenvalue weighted by atomic mass is 32.2. The van der Waals surface area contributed by atoms with Gasteiger partial charge in [0.05, 0.1) is 31.2 Å². The third-order valence-corrected chi connectivity index (χ3v) is 6.95. The maximum Gasteiger partial charge on any atom is 0.292 e. The Morgan fingerprint density at radius 1 is 1.31 bits per heavy atom. The van der Waals surface area contributed by atoms with Crippen LogP contribution in [0.15, 0.2) is 16.8 Å². The van der Waals surface area contributed by atoms with Crippen molar-refractivity contribution in [1.29, 1.82) is 0 Å². The molecule has 0 spiro atoms. The molecule has 1 saturated carbocycles. The average molecular weight is 428 g/mol.